The number of carbonyl (C=O) groups excluding carboxylic acids is 3. The molecule has 0 atom stereocenters. The summed E-state index contributed by atoms with van der Waals surface area (Å²) in [4.78, 5) is 51.0. The van der Waals surface area contributed by atoms with Gasteiger partial charge in [-0.1, -0.05) is 11.6 Å². The Labute approximate surface area is 193 Å². The van der Waals surface area contributed by atoms with Crippen molar-refractivity contribution in [3.05, 3.63) is 54.9 Å². The van der Waals surface area contributed by atoms with Gasteiger partial charge in [-0.2, -0.15) is 0 Å². The van der Waals surface area contributed by atoms with E-state index in [0.29, 0.717) is 23.5 Å². The van der Waals surface area contributed by atoms with Crippen molar-refractivity contribution in [2.45, 2.75) is 33.1 Å². The largest absolute Gasteiger partial charge is 0.462 e. The van der Waals surface area contributed by atoms with Crippen LogP contribution in [0, 0.1) is 17.0 Å². The highest BCUT2D eigenvalue weighted by Crippen LogP contribution is 2.36. The lowest BCUT2D eigenvalue weighted by atomic mass is 10.1. The Morgan fingerprint density at radius 1 is 1.25 bits per heavy atom. The first-order valence-electron chi connectivity index (χ1n) is 10.1. The van der Waals surface area contributed by atoms with Crippen LogP contribution in [0.25, 0.3) is 0 Å². The lowest BCUT2D eigenvalue weighted by Gasteiger charge is -2.26. The molecule has 0 spiro atoms. The second-order valence-corrected chi connectivity index (χ2v) is 8.64. The third-order valence-corrected chi connectivity index (χ3v) is 6.61. The molecule has 1 fully saturated rings. The maximum Gasteiger partial charge on any atom is 0.341 e. The van der Waals surface area contributed by atoms with Gasteiger partial charge in [0.15, 0.2) is 0 Å². The molecule has 170 valence electrons. The standard InChI is InChI=1S/C21H22ClN3O6S/c1-3-31-21(28)16-12(2)17(20(27)24-9-5-4-6-10-24)32-19(16)23-18(26)13-7-8-14(22)15(11-13)25(29)30/h7-8,11H,3-6,9-10H2,1-2H3,(H,23,26). The molecule has 0 radical (unpaired) electrons. The number of amides is 2. The zero-order valence-electron chi connectivity index (χ0n) is 17.6. The van der Waals surface area contributed by atoms with Crippen molar-refractivity contribution in [3.63, 3.8) is 0 Å². The Morgan fingerprint density at radius 3 is 2.56 bits per heavy atom. The Morgan fingerprint density at radius 2 is 1.94 bits per heavy atom. The second kappa shape index (κ2) is 10.1. The number of piperidine rings is 1. The van der Waals surface area contributed by atoms with E-state index in [4.69, 9.17) is 16.3 Å². The number of hydrogen-bond donors (Lipinski definition) is 1. The molecular weight excluding hydrogens is 458 g/mol. The number of rotatable bonds is 6. The molecule has 2 aromatic rings. The summed E-state index contributed by atoms with van der Waals surface area (Å²) in [5, 5.41) is 13.8. The molecular formula is C21H22ClN3O6S. The van der Waals surface area contributed by atoms with Crippen molar-refractivity contribution in [3.8, 4) is 0 Å². The summed E-state index contributed by atoms with van der Waals surface area (Å²) in [7, 11) is 0. The van der Waals surface area contributed by atoms with E-state index in [1.165, 1.54) is 12.1 Å². The van der Waals surface area contributed by atoms with Gasteiger partial charge >= 0.3 is 5.97 Å². The average Bonchev–Trinajstić information content (AvgIpc) is 3.09. The minimum Gasteiger partial charge on any atom is -0.462 e. The van der Waals surface area contributed by atoms with E-state index in [2.05, 4.69) is 5.32 Å². The molecule has 1 aromatic heterocycles. The molecule has 1 N–H and O–H groups in total. The number of ether oxygens (including phenoxy) is 1. The molecule has 1 aromatic carbocycles. The minimum atomic E-state index is -0.687. The summed E-state index contributed by atoms with van der Waals surface area (Å²) in [6.07, 6.45) is 2.90. The van der Waals surface area contributed by atoms with Gasteiger partial charge < -0.3 is 15.0 Å². The Balaban J connectivity index is 1.96. The number of carbonyl (C=O) groups is 3. The minimum absolute atomic E-state index is 0.00845. The van der Waals surface area contributed by atoms with Crippen LogP contribution in [0.3, 0.4) is 0 Å². The van der Waals surface area contributed by atoms with E-state index >= 15 is 0 Å². The SMILES string of the molecule is CCOC(=O)c1c(NC(=O)c2ccc(Cl)c([N+](=O)[O-])c2)sc(C(=O)N2CCCCC2)c1C. The number of anilines is 1. The van der Waals surface area contributed by atoms with Gasteiger partial charge in [0.1, 0.15) is 10.0 Å². The Hall–Kier alpha value is -2.98. The van der Waals surface area contributed by atoms with E-state index in [0.717, 1.165) is 36.7 Å². The number of nitro groups is 1. The molecule has 2 amide bonds. The fourth-order valence-corrected chi connectivity index (χ4v) is 4.81. The third kappa shape index (κ3) is 4.91. The van der Waals surface area contributed by atoms with Gasteiger partial charge in [-0.05, 0) is 50.8 Å². The first-order valence-corrected chi connectivity index (χ1v) is 11.3. The van der Waals surface area contributed by atoms with Crippen LogP contribution in [-0.2, 0) is 4.74 Å². The van der Waals surface area contributed by atoms with E-state index in [1.54, 1.807) is 18.7 Å². The quantitative estimate of drug-likeness (QED) is 0.365. The predicted octanol–water partition coefficient (Wildman–Crippen LogP) is 4.67. The van der Waals surface area contributed by atoms with Gasteiger partial charge in [-0.3, -0.25) is 19.7 Å². The number of thiophene rings is 1. The number of nitrogens with zero attached hydrogens (tertiary/aromatic N) is 2. The van der Waals surface area contributed by atoms with Crippen LogP contribution in [0.15, 0.2) is 18.2 Å². The molecule has 1 aliphatic rings. The topological polar surface area (TPSA) is 119 Å². The zero-order chi connectivity index (χ0) is 23.4. The molecule has 9 nitrogen and oxygen atoms in total. The van der Waals surface area contributed by atoms with Crippen LogP contribution < -0.4 is 5.32 Å². The van der Waals surface area contributed by atoms with Gasteiger partial charge in [0, 0.05) is 24.7 Å². The van der Waals surface area contributed by atoms with Crippen molar-refractivity contribution >= 4 is 51.4 Å². The van der Waals surface area contributed by atoms with Crippen LogP contribution in [0.1, 0.15) is 62.1 Å². The first-order chi connectivity index (χ1) is 15.2. The van der Waals surface area contributed by atoms with Gasteiger partial charge in [-0.25, -0.2) is 4.79 Å². The molecule has 3 rings (SSSR count). The summed E-state index contributed by atoms with van der Waals surface area (Å²) in [5.41, 5.74) is 0.120. The Bertz CT molecular complexity index is 1080. The normalized spacial score (nSPS) is 13.5. The average molecular weight is 480 g/mol. The molecule has 1 aliphatic heterocycles. The van der Waals surface area contributed by atoms with Crippen molar-refractivity contribution in [2.24, 2.45) is 0 Å². The lowest BCUT2D eigenvalue weighted by Crippen LogP contribution is -2.35. The number of nitro benzene ring substituents is 1. The molecule has 0 saturated carbocycles. The molecule has 32 heavy (non-hydrogen) atoms. The highest BCUT2D eigenvalue weighted by molar-refractivity contribution is 7.18. The number of likely N-dealkylation sites (tertiary alicyclic amines) is 1. The maximum atomic E-state index is 13.1. The number of halogens is 1. The summed E-state index contributed by atoms with van der Waals surface area (Å²) < 4.78 is 5.13. The highest BCUT2D eigenvalue weighted by atomic mass is 35.5. The van der Waals surface area contributed by atoms with Gasteiger partial charge in [-0.15, -0.1) is 11.3 Å². The molecule has 2 heterocycles. The molecule has 0 aliphatic carbocycles. The second-order valence-electron chi connectivity index (χ2n) is 7.21. The van der Waals surface area contributed by atoms with Crippen LogP contribution >= 0.6 is 22.9 Å². The number of benzene rings is 1. The van der Waals surface area contributed by atoms with Gasteiger partial charge in [0.25, 0.3) is 17.5 Å². The first kappa shape index (κ1) is 23.7. The molecule has 0 bridgehead atoms. The summed E-state index contributed by atoms with van der Waals surface area (Å²) in [6.45, 7) is 4.70. The van der Waals surface area contributed by atoms with Crippen molar-refractivity contribution < 1.29 is 24.0 Å². The van der Waals surface area contributed by atoms with Crippen LogP contribution in [0.4, 0.5) is 10.7 Å². The van der Waals surface area contributed by atoms with E-state index in [9.17, 15) is 24.5 Å². The van der Waals surface area contributed by atoms with Crippen LogP contribution in [0.2, 0.25) is 5.02 Å². The number of esters is 1. The fraction of sp³-hybridized carbons (Fsp3) is 0.381. The van der Waals surface area contributed by atoms with Gasteiger partial charge in [0.05, 0.1) is 22.0 Å². The van der Waals surface area contributed by atoms with Crippen molar-refractivity contribution in [2.75, 3.05) is 25.0 Å². The Kier molecular flexibility index (Phi) is 7.47. The van der Waals surface area contributed by atoms with Crippen molar-refractivity contribution in [1.82, 2.24) is 4.90 Å². The highest BCUT2D eigenvalue weighted by Gasteiger charge is 2.30. The van der Waals surface area contributed by atoms with Gasteiger partial charge in [0.2, 0.25) is 0 Å². The van der Waals surface area contributed by atoms with Crippen molar-refractivity contribution in [1.29, 1.82) is 0 Å². The lowest BCUT2D eigenvalue weighted by molar-refractivity contribution is -0.384. The van der Waals surface area contributed by atoms with E-state index < -0.39 is 22.5 Å². The third-order valence-electron chi connectivity index (χ3n) is 5.10. The number of nitrogens with one attached hydrogen (secondary N) is 1. The molecule has 0 unspecified atom stereocenters. The monoisotopic (exact) mass is 479 g/mol. The molecule has 1 saturated heterocycles. The molecule has 11 heteroatoms. The smallest absolute Gasteiger partial charge is 0.341 e. The number of hydrogen-bond acceptors (Lipinski definition) is 7. The summed E-state index contributed by atoms with van der Waals surface area (Å²) in [6, 6.07) is 3.66. The fourth-order valence-electron chi connectivity index (χ4n) is 3.46. The summed E-state index contributed by atoms with van der Waals surface area (Å²) in [5.74, 6) is -1.52. The van der Waals surface area contributed by atoms with E-state index in [1.807, 2.05) is 0 Å². The van der Waals surface area contributed by atoms with Crippen LogP contribution in [0.5, 0.6) is 0 Å². The zero-order valence-corrected chi connectivity index (χ0v) is 19.2. The van der Waals surface area contributed by atoms with Crippen LogP contribution in [-0.4, -0.2) is 47.3 Å². The maximum absolute atomic E-state index is 13.1. The summed E-state index contributed by atoms with van der Waals surface area (Å²) >= 11 is 6.81. The predicted molar refractivity (Wildman–Crippen MR) is 121 cm³/mol. The van der Waals surface area contributed by atoms with E-state index in [-0.39, 0.29) is 33.7 Å².